The summed E-state index contributed by atoms with van der Waals surface area (Å²) in [7, 11) is 0. The van der Waals surface area contributed by atoms with Crippen LogP contribution in [0.3, 0.4) is 0 Å². The molecule has 26 heavy (non-hydrogen) atoms. The number of carbonyl (C=O) groups excluding carboxylic acids is 3. The Morgan fingerprint density at radius 1 is 1.50 bits per heavy atom. The molecule has 10 heteroatoms. The molecule has 0 fully saturated rings. The van der Waals surface area contributed by atoms with Gasteiger partial charge >= 0.3 is 11.9 Å². The van der Waals surface area contributed by atoms with Crippen LogP contribution in [0.5, 0.6) is 0 Å². The van der Waals surface area contributed by atoms with Gasteiger partial charge in [-0.25, -0.2) is 4.79 Å². The summed E-state index contributed by atoms with van der Waals surface area (Å²) >= 11 is 2.67. The summed E-state index contributed by atoms with van der Waals surface area (Å²) in [6.07, 6.45) is 0.698. The molecule has 8 nitrogen and oxygen atoms in total. The summed E-state index contributed by atoms with van der Waals surface area (Å²) in [5.41, 5.74) is -0.158. The van der Waals surface area contributed by atoms with Crippen LogP contribution < -0.4 is 5.32 Å². The SMILES string of the molecule is CC(=O)OCC1CS[C@H]([C@@H](C=O)NC(=O)Cc2cccs2)N=C1C(=O)O. The van der Waals surface area contributed by atoms with Gasteiger partial charge in [-0.05, 0) is 11.4 Å². The van der Waals surface area contributed by atoms with Crippen LogP contribution in [0, 0.1) is 5.92 Å². The average Bonchev–Trinajstić information content (AvgIpc) is 3.10. The molecule has 140 valence electrons. The van der Waals surface area contributed by atoms with Crippen molar-refractivity contribution in [2.45, 2.75) is 24.8 Å². The fraction of sp³-hybridized carbons (Fsp3) is 0.438. The molecule has 3 atom stereocenters. The molecule has 1 aliphatic rings. The lowest BCUT2D eigenvalue weighted by Gasteiger charge is -2.28. The zero-order valence-corrected chi connectivity index (χ0v) is 15.5. The topological polar surface area (TPSA) is 122 Å². The summed E-state index contributed by atoms with van der Waals surface area (Å²) in [5.74, 6) is -2.32. The van der Waals surface area contributed by atoms with Crippen LogP contribution in [0.2, 0.25) is 0 Å². The summed E-state index contributed by atoms with van der Waals surface area (Å²) in [6.45, 7) is 1.15. The number of esters is 1. The largest absolute Gasteiger partial charge is 0.477 e. The standard InChI is InChI=1S/C16H18N2O6S2/c1-9(20)24-7-10-8-26-15(18-14(10)16(22)23)12(6-19)17-13(21)5-11-3-2-4-25-11/h2-4,6,10,12,15H,5,7-8H2,1H3,(H,17,21)(H,22,23)/t10?,12-,15-/m1/s1. The molecule has 1 aromatic heterocycles. The van der Waals surface area contributed by atoms with Crippen molar-refractivity contribution >= 4 is 52.9 Å². The number of aliphatic carboxylic acids is 1. The first-order valence-electron chi connectivity index (χ1n) is 7.73. The van der Waals surface area contributed by atoms with Gasteiger partial charge < -0.3 is 20.0 Å². The average molecular weight is 398 g/mol. The van der Waals surface area contributed by atoms with Crippen molar-refractivity contribution in [1.82, 2.24) is 5.32 Å². The molecule has 0 aliphatic carbocycles. The van der Waals surface area contributed by atoms with Crippen LogP contribution in [-0.4, -0.2) is 58.7 Å². The molecule has 2 heterocycles. The molecule has 0 bridgehead atoms. The number of thioether (sulfide) groups is 1. The third-order valence-electron chi connectivity index (χ3n) is 3.52. The number of carboxylic acids is 1. The van der Waals surface area contributed by atoms with Crippen LogP contribution in [0.25, 0.3) is 0 Å². The molecule has 0 radical (unpaired) electrons. The highest BCUT2D eigenvalue weighted by Crippen LogP contribution is 2.27. The lowest BCUT2D eigenvalue weighted by atomic mass is 10.1. The fourth-order valence-electron chi connectivity index (χ4n) is 2.31. The van der Waals surface area contributed by atoms with E-state index < -0.39 is 29.3 Å². The van der Waals surface area contributed by atoms with E-state index in [4.69, 9.17) is 4.74 Å². The third-order valence-corrected chi connectivity index (χ3v) is 5.74. The zero-order chi connectivity index (χ0) is 19.1. The Labute approximate surface area is 158 Å². The van der Waals surface area contributed by atoms with Gasteiger partial charge in [-0.2, -0.15) is 0 Å². The Balaban J connectivity index is 2.04. The highest BCUT2D eigenvalue weighted by Gasteiger charge is 2.34. The summed E-state index contributed by atoms with van der Waals surface area (Å²) in [5, 5.41) is 13.1. The molecule has 1 aliphatic heterocycles. The Kier molecular flexibility index (Phi) is 7.34. The number of nitrogens with zero attached hydrogens (tertiary/aromatic N) is 1. The molecule has 0 saturated heterocycles. The number of carbonyl (C=O) groups is 4. The number of hydrogen-bond acceptors (Lipinski definition) is 8. The molecular weight excluding hydrogens is 380 g/mol. The number of carboxylic acid groups (broad SMARTS) is 1. The first-order chi connectivity index (χ1) is 12.4. The number of thiophene rings is 1. The second-order valence-electron chi connectivity index (χ2n) is 5.53. The molecular formula is C16H18N2O6S2. The summed E-state index contributed by atoms with van der Waals surface area (Å²) < 4.78 is 4.87. The molecule has 1 aromatic rings. The lowest BCUT2D eigenvalue weighted by molar-refractivity contribution is -0.142. The Morgan fingerprint density at radius 3 is 2.85 bits per heavy atom. The number of hydrogen-bond donors (Lipinski definition) is 2. The summed E-state index contributed by atoms with van der Waals surface area (Å²) in [6, 6.07) is 2.71. The first kappa shape index (κ1) is 20.1. The zero-order valence-electron chi connectivity index (χ0n) is 13.9. The Hall–Kier alpha value is -2.20. The second-order valence-corrected chi connectivity index (χ2v) is 7.71. The number of rotatable bonds is 8. The molecule has 0 spiro atoms. The molecule has 2 rings (SSSR count). The quantitative estimate of drug-likeness (QED) is 0.489. The number of nitrogens with one attached hydrogen (secondary N) is 1. The fourth-order valence-corrected chi connectivity index (χ4v) is 4.23. The third kappa shape index (κ3) is 5.67. The van der Waals surface area contributed by atoms with E-state index in [0.717, 1.165) is 4.88 Å². The molecule has 0 aromatic carbocycles. The number of ether oxygens (including phenoxy) is 1. The van der Waals surface area contributed by atoms with Gasteiger partial charge in [0.05, 0.1) is 12.3 Å². The minimum Gasteiger partial charge on any atom is -0.477 e. The van der Waals surface area contributed by atoms with Gasteiger partial charge in [0.25, 0.3) is 0 Å². The highest BCUT2D eigenvalue weighted by atomic mass is 32.2. The predicted octanol–water partition coefficient (Wildman–Crippen LogP) is 0.752. The molecule has 1 unspecified atom stereocenters. The van der Waals surface area contributed by atoms with Gasteiger partial charge in [-0.3, -0.25) is 14.6 Å². The summed E-state index contributed by atoms with van der Waals surface area (Å²) in [4.78, 5) is 50.8. The first-order valence-corrected chi connectivity index (χ1v) is 9.66. The van der Waals surface area contributed by atoms with E-state index in [9.17, 15) is 24.3 Å². The van der Waals surface area contributed by atoms with Gasteiger partial charge in [0.1, 0.15) is 30.0 Å². The Bertz CT molecular complexity index is 704. The Morgan fingerprint density at radius 2 is 2.27 bits per heavy atom. The van der Waals surface area contributed by atoms with E-state index in [2.05, 4.69) is 10.3 Å². The highest BCUT2D eigenvalue weighted by molar-refractivity contribution is 8.00. The number of aldehydes is 1. The van der Waals surface area contributed by atoms with Crippen molar-refractivity contribution in [3.05, 3.63) is 22.4 Å². The van der Waals surface area contributed by atoms with Gasteiger partial charge in [0.2, 0.25) is 5.91 Å². The second kappa shape index (κ2) is 9.48. The minimum absolute atomic E-state index is 0.0866. The van der Waals surface area contributed by atoms with Gasteiger partial charge in [0, 0.05) is 17.6 Å². The normalized spacial score (nSPS) is 20.6. The molecule has 2 N–H and O–H groups in total. The lowest BCUT2D eigenvalue weighted by Crippen LogP contribution is -2.46. The molecule has 0 saturated carbocycles. The van der Waals surface area contributed by atoms with E-state index in [-0.39, 0.29) is 24.6 Å². The van der Waals surface area contributed by atoms with Crippen molar-refractivity contribution in [2.24, 2.45) is 10.9 Å². The van der Waals surface area contributed by atoms with E-state index >= 15 is 0 Å². The van der Waals surface area contributed by atoms with Crippen LogP contribution in [0.4, 0.5) is 0 Å². The van der Waals surface area contributed by atoms with Crippen molar-refractivity contribution < 1.29 is 29.0 Å². The number of amides is 1. The van der Waals surface area contributed by atoms with Gasteiger partial charge in [0.15, 0.2) is 0 Å². The van der Waals surface area contributed by atoms with Crippen molar-refractivity contribution in [3.63, 3.8) is 0 Å². The predicted molar refractivity (Wildman–Crippen MR) is 97.5 cm³/mol. The van der Waals surface area contributed by atoms with Crippen LogP contribution in [-0.2, 0) is 30.3 Å². The maximum absolute atomic E-state index is 12.1. The van der Waals surface area contributed by atoms with E-state index in [1.54, 1.807) is 0 Å². The van der Waals surface area contributed by atoms with E-state index in [0.29, 0.717) is 12.0 Å². The van der Waals surface area contributed by atoms with Gasteiger partial charge in [-0.15, -0.1) is 23.1 Å². The minimum atomic E-state index is -1.23. The number of aliphatic imine (C=N–C) groups is 1. The van der Waals surface area contributed by atoms with Gasteiger partial charge in [-0.1, -0.05) is 6.07 Å². The molecule has 1 amide bonds. The van der Waals surface area contributed by atoms with Crippen molar-refractivity contribution in [1.29, 1.82) is 0 Å². The van der Waals surface area contributed by atoms with Crippen LogP contribution in [0.1, 0.15) is 11.8 Å². The van der Waals surface area contributed by atoms with E-state index in [1.165, 1.54) is 30.0 Å². The smallest absolute Gasteiger partial charge is 0.350 e. The van der Waals surface area contributed by atoms with E-state index in [1.807, 2.05) is 17.5 Å². The van der Waals surface area contributed by atoms with Crippen molar-refractivity contribution in [2.75, 3.05) is 12.4 Å². The van der Waals surface area contributed by atoms with Crippen LogP contribution >= 0.6 is 23.1 Å². The maximum Gasteiger partial charge on any atom is 0.350 e. The van der Waals surface area contributed by atoms with Crippen LogP contribution in [0.15, 0.2) is 22.5 Å². The maximum atomic E-state index is 12.1. The monoisotopic (exact) mass is 398 g/mol. The van der Waals surface area contributed by atoms with Crippen molar-refractivity contribution in [3.8, 4) is 0 Å².